The predicted octanol–water partition coefficient (Wildman–Crippen LogP) is 4.24. The molecular weight excluding hydrogens is 407 g/mol. The fourth-order valence-electron chi connectivity index (χ4n) is 3.61. The molecule has 160 valence electrons. The minimum absolute atomic E-state index is 0.0363. The Bertz CT molecular complexity index is 1230. The summed E-state index contributed by atoms with van der Waals surface area (Å²) in [5, 5.41) is 5.53. The maximum Gasteiger partial charge on any atom is 0.247 e. The first-order valence-electron chi connectivity index (χ1n) is 10.2. The second kappa shape index (κ2) is 8.98. The summed E-state index contributed by atoms with van der Waals surface area (Å²) in [6.07, 6.45) is 1.45. The average Bonchev–Trinajstić information content (AvgIpc) is 2.79. The number of rotatable bonds is 6. The molecule has 1 aliphatic carbocycles. The number of halogens is 1. The lowest BCUT2D eigenvalue weighted by atomic mass is 9.92. The zero-order valence-electron chi connectivity index (χ0n) is 17.4. The number of carbonyl (C=O) groups excluding carboxylic acids is 3. The third kappa shape index (κ3) is 4.49. The number of aryl methyl sites for hydroxylation is 1. The normalized spacial score (nSPS) is 13.8. The van der Waals surface area contributed by atoms with Crippen molar-refractivity contribution >= 4 is 23.2 Å². The lowest BCUT2D eigenvalue weighted by Gasteiger charge is -2.23. The zero-order valence-corrected chi connectivity index (χ0v) is 17.4. The van der Waals surface area contributed by atoms with E-state index in [-0.39, 0.29) is 34.9 Å². The number of benzene rings is 3. The minimum Gasteiger partial charge on any atom is -0.370 e. The van der Waals surface area contributed by atoms with E-state index in [0.29, 0.717) is 5.56 Å². The maximum absolute atomic E-state index is 14.3. The monoisotopic (exact) mass is 428 g/mol. The van der Waals surface area contributed by atoms with E-state index in [0.717, 1.165) is 11.1 Å². The molecule has 0 aromatic heterocycles. The van der Waals surface area contributed by atoms with Crippen molar-refractivity contribution in [1.29, 1.82) is 0 Å². The zero-order chi connectivity index (χ0) is 22.7. The van der Waals surface area contributed by atoms with Crippen LogP contribution in [0.1, 0.15) is 31.8 Å². The Morgan fingerprint density at radius 1 is 0.938 bits per heavy atom. The molecule has 0 heterocycles. The Kier molecular flexibility index (Phi) is 5.94. The largest absolute Gasteiger partial charge is 0.370 e. The van der Waals surface area contributed by atoms with Gasteiger partial charge in [0.05, 0.1) is 11.4 Å². The van der Waals surface area contributed by atoms with Crippen molar-refractivity contribution in [3.8, 4) is 0 Å². The van der Waals surface area contributed by atoms with Gasteiger partial charge < -0.3 is 10.6 Å². The predicted molar refractivity (Wildman–Crippen MR) is 120 cm³/mol. The SMILES string of the molecule is Cc1ccc(NC(=O)C(Cc2ccccc2)NC2=CC(=O)c3ccccc3C2=O)c(F)c1. The van der Waals surface area contributed by atoms with E-state index in [1.54, 1.807) is 37.3 Å². The first kappa shape index (κ1) is 21.2. The van der Waals surface area contributed by atoms with Crippen LogP contribution in [0.2, 0.25) is 0 Å². The van der Waals surface area contributed by atoms with E-state index < -0.39 is 17.8 Å². The fraction of sp³-hybridized carbons (Fsp3) is 0.115. The first-order chi connectivity index (χ1) is 15.4. The molecule has 3 aromatic carbocycles. The molecule has 2 N–H and O–H groups in total. The van der Waals surface area contributed by atoms with Gasteiger partial charge in [0.1, 0.15) is 11.9 Å². The van der Waals surface area contributed by atoms with Crippen LogP contribution in [0.5, 0.6) is 0 Å². The van der Waals surface area contributed by atoms with Gasteiger partial charge in [-0.25, -0.2) is 4.39 Å². The lowest BCUT2D eigenvalue weighted by molar-refractivity contribution is -0.118. The van der Waals surface area contributed by atoms with Crippen LogP contribution in [-0.4, -0.2) is 23.5 Å². The number of hydrogen-bond acceptors (Lipinski definition) is 4. The minimum atomic E-state index is -0.911. The van der Waals surface area contributed by atoms with Crippen LogP contribution >= 0.6 is 0 Å². The molecule has 0 saturated heterocycles. The summed E-state index contributed by atoms with van der Waals surface area (Å²) < 4.78 is 14.3. The number of ketones is 2. The molecule has 0 spiro atoms. The van der Waals surface area contributed by atoms with Gasteiger partial charge in [0.15, 0.2) is 5.78 Å². The Hall–Kier alpha value is -4.06. The van der Waals surface area contributed by atoms with E-state index in [4.69, 9.17) is 0 Å². The molecule has 1 unspecified atom stereocenters. The smallest absolute Gasteiger partial charge is 0.247 e. The maximum atomic E-state index is 14.3. The van der Waals surface area contributed by atoms with Gasteiger partial charge in [-0.3, -0.25) is 14.4 Å². The standard InChI is InChI=1S/C26H21FN2O3/c1-16-11-12-21(20(27)13-16)29-26(32)23(14-17-7-3-2-4-8-17)28-22-15-24(30)18-9-5-6-10-19(18)25(22)31/h2-13,15,23,28H,14H2,1H3,(H,29,32). The fourth-order valence-corrected chi connectivity index (χ4v) is 3.61. The summed E-state index contributed by atoms with van der Waals surface area (Å²) in [5.74, 6) is -1.75. The van der Waals surface area contributed by atoms with Crippen LogP contribution in [0.15, 0.2) is 84.6 Å². The molecule has 0 aliphatic heterocycles. The van der Waals surface area contributed by atoms with Gasteiger partial charge in [-0.1, -0.05) is 60.7 Å². The molecule has 0 radical (unpaired) electrons. The molecule has 1 aliphatic rings. The number of carbonyl (C=O) groups is 3. The summed E-state index contributed by atoms with van der Waals surface area (Å²) in [4.78, 5) is 38.5. The van der Waals surface area contributed by atoms with Crippen molar-refractivity contribution in [1.82, 2.24) is 5.32 Å². The van der Waals surface area contributed by atoms with Crippen molar-refractivity contribution in [2.24, 2.45) is 0 Å². The van der Waals surface area contributed by atoms with Crippen molar-refractivity contribution in [2.45, 2.75) is 19.4 Å². The third-order valence-electron chi connectivity index (χ3n) is 5.27. The van der Waals surface area contributed by atoms with Gasteiger partial charge in [-0.2, -0.15) is 0 Å². The van der Waals surface area contributed by atoms with Gasteiger partial charge >= 0.3 is 0 Å². The van der Waals surface area contributed by atoms with Gasteiger partial charge in [-0.05, 0) is 30.2 Å². The molecule has 5 nitrogen and oxygen atoms in total. The second-order valence-electron chi connectivity index (χ2n) is 7.66. The Morgan fingerprint density at radius 2 is 1.62 bits per heavy atom. The van der Waals surface area contributed by atoms with Gasteiger partial charge in [0.2, 0.25) is 11.7 Å². The Labute approximate surface area is 185 Å². The molecule has 1 atom stereocenters. The van der Waals surface area contributed by atoms with Crippen molar-refractivity contribution in [2.75, 3.05) is 5.32 Å². The van der Waals surface area contributed by atoms with Crippen LogP contribution in [0.25, 0.3) is 0 Å². The summed E-state index contributed by atoms with van der Waals surface area (Å²) in [5.41, 5.74) is 2.27. The van der Waals surface area contributed by atoms with Crippen LogP contribution in [0, 0.1) is 12.7 Å². The van der Waals surface area contributed by atoms with E-state index in [1.165, 1.54) is 18.2 Å². The van der Waals surface area contributed by atoms with Crippen LogP contribution in [0.4, 0.5) is 10.1 Å². The summed E-state index contributed by atoms with van der Waals surface area (Å²) in [6, 6.07) is 19.4. The number of amides is 1. The van der Waals surface area contributed by atoms with Gasteiger partial charge in [0, 0.05) is 23.6 Å². The highest BCUT2D eigenvalue weighted by Gasteiger charge is 2.29. The summed E-state index contributed by atoms with van der Waals surface area (Å²) >= 11 is 0. The van der Waals surface area contributed by atoms with E-state index in [1.807, 2.05) is 30.3 Å². The van der Waals surface area contributed by atoms with Crippen molar-refractivity contribution < 1.29 is 18.8 Å². The topological polar surface area (TPSA) is 75.3 Å². The third-order valence-corrected chi connectivity index (χ3v) is 5.27. The molecule has 0 bridgehead atoms. The van der Waals surface area contributed by atoms with E-state index in [2.05, 4.69) is 10.6 Å². The number of fused-ring (bicyclic) bond motifs is 1. The van der Waals surface area contributed by atoms with Crippen molar-refractivity contribution in [3.63, 3.8) is 0 Å². The average molecular weight is 428 g/mol. The molecule has 1 amide bonds. The number of hydrogen-bond donors (Lipinski definition) is 2. The number of allylic oxidation sites excluding steroid dienone is 2. The van der Waals surface area contributed by atoms with E-state index in [9.17, 15) is 18.8 Å². The molecule has 0 saturated carbocycles. The van der Waals surface area contributed by atoms with Crippen LogP contribution in [0.3, 0.4) is 0 Å². The molecular formula is C26H21FN2O3. The summed E-state index contributed by atoms with van der Waals surface area (Å²) in [6.45, 7) is 1.75. The van der Waals surface area contributed by atoms with Gasteiger partial charge in [0.25, 0.3) is 0 Å². The number of nitrogens with one attached hydrogen (secondary N) is 2. The molecule has 0 fully saturated rings. The molecule has 3 aromatic rings. The Balaban J connectivity index is 1.62. The highest BCUT2D eigenvalue weighted by Crippen LogP contribution is 2.21. The van der Waals surface area contributed by atoms with E-state index >= 15 is 0 Å². The quantitative estimate of drug-likeness (QED) is 0.616. The Morgan fingerprint density at radius 3 is 2.34 bits per heavy atom. The van der Waals surface area contributed by atoms with Crippen molar-refractivity contribution in [3.05, 3.63) is 113 Å². The van der Waals surface area contributed by atoms with Crippen LogP contribution in [-0.2, 0) is 11.2 Å². The van der Waals surface area contributed by atoms with Crippen LogP contribution < -0.4 is 10.6 Å². The molecule has 4 rings (SSSR count). The summed E-state index contributed by atoms with van der Waals surface area (Å²) in [7, 11) is 0. The lowest BCUT2D eigenvalue weighted by Crippen LogP contribution is -2.44. The first-order valence-corrected chi connectivity index (χ1v) is 10.2. The number of Topliss-reactive ketones (excluding diaryl/α,β-unsaturated/α-hetero) is 1. The highest BCUT2D eigenvalue weighted by atomic mass is 19.1. The second-order valence-corrected chi connectivity index (χ2v) is 7.66. The molecule has 32 heavy (non-hydrogen) atoms. The number of anilines is 1. The molecule has 6 heteroatoms. The highest BCUT2D eigenvalue weighted by molar-refractivity contribution is 6.24. The van der Waals surface area contributed by atoms with Gasteiger partial charge in [-0.15, -0.1) is 0 Å².